The van der Waals surface area contributed by atoms with Gasteiger partial charge >= 0.3 is 12.1 Å². The molecule has 0 unspecified atom stereocenters. The Kier molecular flexibility index (Phi) is 3.71. The number of alkyl halides is 3. The Hall–Kier alpha value is -2.03. The van der Waals surface area contributed by atoms with Crippen LogP contribution in [-0.2, 0) is 10.2 Å². The zero-order chi connectivity index (χ0) is 14.8. The molecular formula is C14H13F3N2O. The van der Waals surface area contributed by atoms with Gasteiger partial charge in [-0.05, 0) is 18.4 Å². The highest BCUT2D eigenvalue weighted by Crippen LogP contribution is 2.35. The first-order valence-electron chi connectivity index (χ1n) is 6.22. The number of carbonyl (C=O) groups excluding carboxylic acids is 1. The van der Waals surface area contributed by atoms with Crippen molar-refractivity contribution in [3.8, 4) is 6.07 Å². The average Bonchev–Trinajstić information content (AvgIpc) is 2.46. The van der Waals surface area contributed by atoms with Gasteiger partial charge in [0.25, 0.3) is 0 Å². The van der Waals surface area contributed by atoms with Crippen LogP contribution in [0.15, 0.2) is 30.3 Å². The summed E-state index contributed by atoms with van der Waals surface area (Å²) in [5.41, 5.74) is -0.00879. The van der Waals surface area contributed by atoms with Gasteiger partial charge in [0.1, 0.15) is 0 Å². The van der Waals surface area contributed by atoms with Crippen molar-refractivity contribution in [1.82, 2.24) is 4.90 Å². The van der Waals surface area contributed by atoms with Crippen LogP contribution in [0.25, 0.3) is 0 Å². The Morgan fingerprint density at radius 2 is 1.75 bits per heavy atom. The number of halogens is 3. The standard InChI is InChI=1S/C14H13F3N2O/c15-14(16,17)12(20)19-8-6-13(10-18,7-9-19)11-4-2-1-3-5-11/h1-5H,6-9H2. The van der Waals surface area contributed by atoms with Gasteiger partial charge in [0.05, 0.1) is 11.5 Å². The van der Waals surface area contributed by atoms with Gasteiger partial charge in [0, 0.05) is 13.1 Å². The summed E-state index contributed by atoms with van der Waals surface area (Å²) in [6.07, 6.45) is -4.41. The van der Waals surface area contributed by atoms with E-state index >= 15 is 0 Å². The van der Waals surface area contributed by atoms with E-state index in [1.54, 1.807) is 24.3 Å². The zero-order valence-corrected chi connectivity index (χ0v) is 10.7. The SMILES string of the molecule is N#CC1(c2ccccc2)CCN(C(=O)C(F)(F)F)CC1. The molecule has 0 N–H and O–H groups in total. The summed E-state index contributed by atoms with van der Waals surface area (Å²) in [5.74, 6) is -1.82. The summed E-state index contributed by atoms with van der Waals surface area (Å²) in [7, 11) is 0. The van der Waals surface area contributed by atoms with E-state index in [9.17, 15) is 23.2 Å². The van der Waals surface area contributed by atoms with Crippen molar-refractivity contribution in [3.05, 3.63) is 35.9 Å². The van der Waals surface area contributed by atoms with Crippen LogP contribution in [0.4, 0.5) is 13.2 Å². The van der Waals surface area contributed by atoms with Gasteiger partial charge < -0.3 is 4.90 Å². The largest absolute Gasteiger partial charge is 0.471 e. The Bertz CT molecular complexity index is 526. The lowest BCUT2D eigenvalue weighted by molar-refractivity contribution is -0.186. The van der Waals surface area contributed by atoms with Crippen molar-refractivity contribution >= 4 is 5.91 Å². The summed E-state index contributed by atoms with van der Waals surface area (Å²) in [4.78, 5) is 11.9. The molecule has 0 aliphatic carbocycles. The highest BCUT2D eigenvalue weighted by atomic mass is 19.4. The molecule has 1 aromatic carbocycles. The Balaban J connectivity index is 2.14. The van der Waals surface area contributed by atoms with Gasteiger partial charge in [0.2, 0.25) is 0 Å². The molecule has 0 radical (unpaired) electrons. The van der Waals surface area contributed by atoms with E-state index in [0.29, 0.717) is 0 Å². The van der Waals surface area contributed by atoms with E-state index in [4.69, 9.17) is 0 Å². The van der Waals surface area contributed by atoms with Crippen LogP contribution >= 0.6 is 0 Å². The molecule has 0 spiro atoms. The summed E-state index contributed by atoms with van der Waals surface area (Å²) >= 11 is 0. The quantitative estimate of drug-likeness (QED) is 0.794. The van der Waals surface area contributed by atoms with Crippen LogP contribution in [-0.4, -0.2) is 30.1 Å². The molecule has 0 atom stereocenters. The molecule has 0 bridgehead atoms. The monoisotopic (exact) mass is 282 g/mol. The number of benzene rings is 1. The molecule has 6 heteroatoms. The zero-order valence-electron chi connectivity index (χ0n) is 10.7. The minimum Gasteiger partial charge on any atom is -0.335 e. The third-order valence-corrected chi connectivity index (χ3v) is 3.69. The Labute approximate surface area is 114 Å². The Morgan fingerprint density at radius 1 is 1.20 bits per heavy atom. The molecule has 1 amide bonds. The number of likely N-dealkylation sites (tertiary alicyclic amines) is 1. The van der Waals surface area contributed by atoms with E-state index in [-0.39, 0.29) is 25.9 Å². The molecule has 0 saturated carbocycles. The third-order valence-electron chi connectivity index (χ3n) is 3.69. The van der Waals surface area contributed by atoms with Crippen molar-refractivity contribution in [3.63, 3.8) is 0 Å². The summed E-state index contributed by atoms with van der Waals surface area (Å²) in [6.45, 7) is -0.110. The first-order chi connectivity index (χ1) is 9.39. The summed E-state index contributed by atoms with van der Waals surface area (Å²) < 4.78 is 37.1. The molecule has 2 rings (SSSR count). The molecule has 106 valence electrons. The first-order valence-corrected chi connectivity index (χ1v) is 6.22. The van der Waals surface area contributed by atoms with Crippen LogP contribution in [0.1, 0.15) is 18.4 Å². The molecule has 1 saturated heterocycles. The minimum absolute atomic E-state index is 0.0548. The predicted molar refractivity (Wildman–Crippen MR) is 65.6 cm³/mol. The normalized spacial score (nSPS) is 18.4. The third kappa shape index (κ3) is 2.62. The fraction of sp³-hybridized carbons (Fsp3) is 0.429. The van der Waals surface area contributed by atoms with Gasteiger partial charge in [-0.3, -0.25) is 4.79 Å². The highest BCUT2D eigenvalue weighted by molar-refractivity contribution is 5.82. The molecule has 20 heavy (non-hydrogen) atoms. The second kappa shape index (κ2) is 5.16. The molecule has 1 aliphatic heterocycles. The van der Waals surface area contributed by atoms with Gasteiger partial charge in [-0.1, -0.05) is 30.3 Å². The van der Waals surface area contributed by atoms with E-state index in [1.165, 1.54) is 0 Å². The van der Waals surface area contributed by atoms with Crippen molar-refractivity contribution in [1.29, 1.82) is 5.26 Å². The Morgan fingerprint density at radius 3 is 2.20 bits per heavy atom. The lowest BCUT2D eigenvalue weighted by Crippen LogP contribution is -2.49. The number of hydrogen-bond donors (Lipinski definition) is 0. The predicted octanol–water partition coefficient (Wildman–Crippen LogP) is 2.63. The van der Waals surface area contributed by atoms with Gasteiger partial charge in [0.15, 0.2) is 0 Å². The van der Waals surface area contributed by atoms with Crippen molar-refractivity contribution < 1.29 is 18.0 Å². The number of hydrogen-bond acceptors (Lipinski definition) is 2. The summed E-state index contributed by atoms with van der Waals surface area (Å²) in [5, 5.41) is 9.40. The number of piperidine rings is 1. The van der Waals surface area contributed by atoms with Gasteiger partial charge in [-0.2, -0.15) is 18.4 Å². The van der Waals surface area contributed by atoms with Gasteiger partial charge in [-0.15, -0.1) is 0 Å². The van der Waals surface area contributed by atoms with Crippen molar-refractivity contribution in [2.45, 2.75) is 24.4 Å². The van der Waals surface area contributed by atoms with Gasteiger partial charge in [-0.25, -0.2) is 0 Å². The average molecular weight is 282 g/mol. The van der Waals surface area contributed by atoms with E-state index in [0.717, 1.165) is 10.5 Å². The maximum absolute atomic E-state index is 12.4. The van der Waals surface area contributed by atoms with Crippen LogP contribution < -0.4 is 0 Å². The maximum atomic E-state index is 12.4. The topological polar surface area (TPSA) is 44.1 Å². The second-order valence-corrected chi connectivity index (χ2v) is 4.85. The van der Waals surface area contributed by atoms with Crippen LogP contribution in [0.3, 0.4) is 0 Å². The lowest BCUT2D eigenvalue weighted by Gasteiger charge is -2.37. The number of amides is 1. The van der Waals surface area contributed by atoms with Crippen molar-refractivity contribution in [2.75, 3.05) is 13.1 Å². The second-order valence-electron chi connectivity index (χ2n) is 4.85. The molecule has 0 aromatic heterocycles. The summed E-state index contributed by atoms with van der Waals surface area (Å²) in [6, 6.07) is 11.2. The van der Waals surface area contributed by atoms with Crippen LogP contribution in [0.5, 0.6) is 0 Å². The molecule has 1 fully saturated rings. The van der Waals surface area contributed by atoms with E-state index < -0.39 is 17.5 Å². The molecule has 1 aromatic rings. The fourth-order valence-electron chi connectivity index (χ4n) is 2.49. The highest BCUT2D eigenvalue weighted by Gasteiger charge is 2.46. The molecule has 1 aliphatic rings. The first kappa shape index (κ1) is 14.4. The molecule has 1 heterocycles. The van der Waals surface area contributed by atoms with Crippen molar-refractivity contribution in [2.24, 2.45) is 0 Å². The lowest BCUT2D eigenvalue weighted by atomic mass is 9.74. The van der Waals surface area contributed by atoms with Crippen LogP contribution in [0.2, 0.25) is 0 Å². The number of rotatable bonds is 1. The molecular weight excluding hydrogens is 269 g/mol. The smallest absolute Gasteiger partial charge is 0.335 e. The maximum Gasteiger partial charge on any atom is 0.471 e. The molecule has 3 nitrogen and oxygen atoms in total. The fourth-order valence-corrected chi connectivity index (χ4v) is 2.49. The number of nitriles is 1. The van der Waals surface area contributed by atoms with Crippen LogP contribution in [0, 0.1) is 11.3 Å². The number of nitrogens with zero attached hydrogens (tertiary/aromatic N) is 2. The van der Waals surface area contributed by atoms with E-state index in [1.807, 2.05) is 6.07 Å². The number of carbonyl (C=O) groups is 1. The minimum atomic E-state index is -4.85. The van der Waals surface area contributed by atoms with E-state index in [2.05, 4.69) is 6.07 Å².